The van der Waals surface area contributed by atoms with Gasteiger partial charge in [0.25, 0.3) is 0 Å². The van der Waals surface area contributed by atoms with Crippen LogP contribution in [0.1, 0.15) is 49.9 Å². The minimum absolute atomic E-state index is 0.138. The predicted octanol–water partition coefficient (Wildman–Crippen LogP) is 3.09. The Labute approximate surface area is 125 Å². The van der Waals surface area contributed by atoms with Crippen LogP contribution >= 0.6 is 11.3 Å². The molecule has 1 amide bonds. The summed E-state index contributed by atoms with van der Waals surface area (Å²) < 4.78 is 0. The number of carbonyl (C=O) groups is 1. The van der Waals surface area contributed by atoms with Crippen LogP contribution in [-0.4, -0.2) is 18.5 Å². The average Bonchev–Trinajstić information content (AvgIpc) is 3.18. The fraction of sp³-hybridized carbons (Fsp3) is 0.688. The van der Waals surface area contributed by atoms with Gasteiger partial charge < -0.3 is 10.6 Å². The SMILES string of the molecule is CC1NCCC1C(=O)NC(c1cccs1)C1CCCC1. The van der Waals surface area contributed by atoms with Gasteiger partial charge in [0.2, 0.25) is 5.91 Å². The van der Waals surface area contributed by atoms with Crippen LogP contribution in [0.15, 0.2) is 17.5 Å². The minimum Gasteiger partial charge on any atom is -0.348 e. The number of thiophene rings is 1. The van der Waals surface area contributed by atoms with Crippen LogP contribution in [0, 0.1) is 11.8 Å². The number of hydrogen-bond acceptors (Lipinski definition) is 3. The predicted molar refractivity (Wildman–Crippen MR) is 82.7 cm³/mol. The second-order valence-electron chi connectivity index (χ2n) is 6.18. The zero-order chi connectivity index (χ0) is 13.9. The van der Waals surface area contributed by atoms with Gasteiger partial charge in [-0.25, -0.2) is 0 Å². The molecule has 1 aliphatic heterocycles. The Morgan fingerprint density at radius 1 is 1.40 bits per heavy atom. The first-order valence-corrected chi connectivity index (χ1v) is 8.71. The summed E-state index contributed by atoms with van der Waals surface area (Å²) >= 11 is 1.77. The van der Waals surface area contributed by atoms with Gasteiger partial charge in [-0.2, -0.15) is 0 Å². The molecule has 3 rings (SSSR count). The highest BCUT2D eigenvalue weighted by atomic mass is 32.1. The normalized spacial score (nSPS) is 28.6. The molecular formula is C16H24N2OS. The highest BCUT2D eigenvalue weighted by Crippen LogP contribution is 2.37. The van der Waals surface area contributed by atoms with Crippen molar-refractivity contribution in [3.63, 3.8) is 0 Å². The summed E-state index contributed by atoms with van der Waals surface area (Å²) in [6, 6.07) is 4.80. The number of carbonyl (C=O) groups excluding carboxylic acids is 1. The lowest BCUT2D eigenvalue weighted by atomic mass is 9.94. The molecule has 0 aromatic carbocycles. The molecule has 2 N–H and O–H groups in total. The van der Waals surface area contributed by atoms with E-state index in [2.05, 4.69) is 35.1 Å². The van der Waals surface area contributed by atoms with Crippen molar-refractivity contribution in [1.82, 2.24) is 10.6 Å². The lowest BCUT2D eigenvalue weighted by Crippen LogP contribution is -2.40. The number of rotatable bonds is 4. The third-order valence-corrected chi connectivity index (χ3v) is 5.84. The molecule has 1 aromatic heterocycles. The van der Waals surface area contributed by atoms with Crippen molar-refractivity contribution in [1.29, 1.82) is 0 Å². The maximum Gasteiger partial charge on any atom is 0.225 e. The monoisotopic (exact) mass is 292 g/mol. The van der Waals surface area contributed by atoms with Crippen LogP contribution in [0.25, 0.3) is 0 Å². The first kappa shape index (κ1) is 14.1. The lowest BCUT2D eigenvalue weighted by molar-refractivity contribution is -0.126. The van der Waals surface area contributed by atoms with Crippen LogP contribution in [-0.2, 0) is 4.79 Å². The maximum atomic E-state index is 12.6. The van der Waals surface area contributed by atoms with Crippen molar-refractivity contribution in [3.05, 3.63) is 22.4 Å². The van der Waals surface area contributed by atoms with E-state index in [0.717, 1.165) is 13.0 Å². The van der Waals surface area contributed by atoms with Crippen molar-refractivity contribution in [2.24, 2.45) is 11.8 Å². The lowest BCUT2D eigenvalue weighted by Gasteiger charge is -2.26. The Hall–Kier alpha value is -0.870. The van der Waals surface area contributed by atoms with Crippen molar-refractivity contribution >= 4 is 17.2 Å². The van der Waals surface area contributed by atoms with E-state index in [9.17, 15) is 4.79 Å². The number of hydrogen-bond donors (Lipinski definition) is 2. The number of amides is 1. The smallest absolute Gasteiger partial charge is 0.225 e. The molecule has 1 saturated carbocycles. The second kappa shape index (κ2) is 6.27. The van der Waals surface area contributed by atoms with Gasteiger partial charge in [0.05, 0.1) is 12.0 Å². The van der Waals surface area contributed by atoms with E-state index in [1.807, 2.05) is 0 Å². The summed E-state index contributed by atoms with van der Waals surface area (Å²) in [5.41, 5.74) is 0. The molecule has 0 radical (unpaired) electrons. The Balaban J connectivity index is 1.71. The molecule has 1 saturated heterocycles. The van der Waals surface area contributed by atoms with Gasteiger partial charge >= 0.3 is 0 Å². The topological polar surface area (TPSA) is 41.1 Å². The Morgan fingerprint density at radius 3 is 2.80 bits per heavy atom. The molecule has 2 heterocycles. The molecule has 110 valence electrons. The standard InChI is InChI=1S/C16H24N2OS/c1-11-13(8-9-17-11)16(19)18-15(12-5-2-3-6-12)14-7-4-10-20-14/h4,7,10-13,15,17H,2-3,5-6,8-9H2,1H3,(H,18,19). The van der Waals surface area contributed by atoms with Gasteiger partial charge in [0.1, 0.15) is 0 Å². The zero-order valence-electron chi connectivity index (χ0n) is 12.1. The van der Waals surface area contributed by atoms with Crippen LogP contribution in [0.2, 0.25) is 0 Å². The molecule has 1 aromatic rings. The van der Waals surface area contributed by atoms with Gasteiger partial charge in [0.15, 0.2) is 0 Å². The van der Waals surface area contributed by atoms with E-state index in [1.165, 1.54) is 30.6 Å². The molecule has 0 spiro atoms. The summed E-state index contributed by atoms with van der Waals surface area (Å²) in [6.07, 6.45) is 6.09. The fourth-order valence-corrected chi connectivity index (χ4v) is 4.53. The van der Waals surface area contributed by atoms with Crippen LogP contribution in [0.3, 0.4) is 0 Å². The van der Waals surface area contributed by atoms with Gasteiger partial charge in [-0.15, -0.1) is 11.3 Å². The second-order valence-corrected chi connectivity index (χ2v) is 7.16. The van der Waals surface area contributed by atoms with Crippen LogP contribution < -0.4 is 10.6 Å². The Bertz CT molecular complexity index is 439. The van der Waals surface area contributed by atoms with Gasteiger partial charge in [-0.1, -0.05) is 18.9 Å². The summed E-state index contributed by atoms with van der Waals surface area (Å²) in [4.78, 5) is 13.9. The van der Waals surface area contributed by atoms with Crippen molar-refractivity contribution < 1.29 is 4.79 Å². The van der Waals surface area contributed by atoms with Crippen LogP contribution in [0.4, 0.5) is 0 Å². The van der Waals surface area contributed by atoms with E-state index < -0.39 is 0 Å². The quantitative estimate of drug-likeness (QED) is 0.895. The highest BCUT2D eigenvalue weighted by molar-refractivity contribution is 7.10. The first-order valence-electron chi connectivity index (χ1n) is 7.83. The Kier molecular flexibility index (Phi) is 4.41. The minimum atomic E-state index is 0.138. The summed E-state index contributed by atoms with van der Waals surface area (Å²) in [5.74, 6) is 1.01. The van der Waals surface area contributed by atoms with Crippen molar-refractivity contribution in [3.8, 4) is 0 Å². The molecule has 4 heteroatoms. The third-order valence-electron chi connectivity index (χ3n) is 4.88. The molecule has 2 fully saturated rings. The molecule has 1 aliphatic carbocycles. The van der Waals surface area contributed by atoms with Crippen molar-refractivity contribution in [2.75, 3.05) is 6.54 Å². The van der Waals surface area contributed by atoms with E-state index >= 15 is 0 Å². The molecule has 3 nitrogen and oxygen atoms in total. The van der Waals surface area contributed by atoms with E-state index in [0.29, 0.717) is 12.0 Å². The van der Waals surface area contributed by atoms with Gasteiger partial charge in [-0.05, 0) is 50.1 Å². The largest absolute Gasteiger partial charge is 0.348 e. The molecule has 3 unspecified atom stereocenters. The summed E-state index contributed by atoms with van der Waals surface area (Å²) in [5, 5.41) is 8.85. The summed E-state index contributed by atoms with van der Waals surface area (Å²) in [6.45, 7) is 3.08. The first-order chi connectivity index (χ1) is 9.75. The van der Waals surface area contributed by atoms with E-state index in [-0.39, 0.29) is 17.9 Å². The average molecular weight is 292 g/mol. The van der Waals surface area contributed by atoms with Gasteiger partial charge in [0, 0.05) is 10.9 Å². The molecule has 3 atom stereocenters. The molecular weight excluding hydrogens is 268 g/mol. The third kappa shape index (κ3) is 2.91. The fourth-order valence-electron chi connectivity index (χ4n) is 3.66. The summed E-state index contributed by atoms with van der Waals surface area (Å²) in [7, 11) is 0. The number of nitrogens with one attached hydrogen (secondary N) is 2. The molecule has 0 bridgehead atoms. The zero-order valence-corrected chi connectivity index (χ0v) is 12.9. The van der Waals surface area contributed by atoms with Gasteiger partial charge in [-0.3, -0.25) is 4.79 Å². The van der Waals surface area contributed by atoms with Crippen molar-refractivity contribution in [2.45, 2.75) is 51.1 Å². The van der Waals surface area contributed by atoms with E-state index in [4.69, 9.17) is 0 Å². The highest BCUT2D eigenvalue weighted by Gasteiger charge is 2.34. The molecule has 20 heavy (non-hydrogen) atoms. The van der Waals surface area contributed by atoms with Crippen LogP contribution in [0.5, 0.6) is 0 Å². The maximum absolute atomic E-state index is 12.6. The Morgan fingerprint density at radius 2 is 2.20 bits per heavy atom. The van der Waals surface area contributed by atoms with E-state index in [1.54, 1.807) is 11.3 Å². The molecule has 2 aliphatic rings.